The summed E-state index contributed by atoms with van der Waals surface area (Å²) in [6, 6.07) is 69.7. The average Bonchev–Trinajstić information content (AvgIpc) is 3.61. The van der Waals surface area contributed by atoms with Gasteiger partial charge in [-0.15, -0.1) is 0 Å². The molecule has 0 amide bonds. The molecule has 8 aromatic rings. The zero-order valence-corrected chi connectivity index (χ0v) is 28.8. The summed E-state index contributed by atoms with van der Waals surface area (Å²) in [4.78, 5) is 2.48. The van der Waals surface area contributed by atoms with E-state index < -0.39 is 5.41 Å². The molecule has 0 bridgehead atoms. The summed E-state index contributed by atoms with van der Waals surface area (Å²) in [7, 11) is 0. The Morgan fingerprint density at radius 3 is 1.65 bits per heavy atom. The largest absolute Gasteiger partial charge is 0.310 e. The molecule has 0 aromatic heterocycles. The second-order valence-electron chi connectivity index (χ2n) is 14.5. The molecule has 1 nitrogen and oxygen atoms in total. The van der Waals surface area contributed by atoms with Gasteiger partial charge in [0.2, 0.25) is 0 Å². The van der Waals surface area contributed by atoms with Crippen LogP contribution in [0.4, 0.5) is 17.1 Å². The number of fused-ring (bicyclic) bond motifs is 7. The van der Waals surface area contributed by atoms with E-state index in [0.29, 0.717) is 0 Å². The van der Waals surface area contributed by atoms with Crippen LogP contribution in [-0.2, 0) is 10.8 Å². The first-order chi connectivity index (χ1) is 25.1. The SMILES string of the molecule is CC1(C)c2ccccc2-c2ccc(N(c3ccc4c(c3)-c3ccccc3C4(c3ccccc3)c3ccccc3)c3cccc4ccccc34)cc21. The minimum Gasteiger partial charge on any atom is -0.310 e. The van der Waals surface area contributed by atoms with E-state index >= 15 is 0 Å². The minimum absolute atomic E-state index is 0.103. The number of hydrogen-bond donors (Lipinski definition) is 0. The third-order valence-electron chi connectivity index (χ3n) is 11.5. The number of anilines is 3. The van der Waals surface area contributed by atoms with Crippen molar-refractivity contribution in [2.45, 2.75) is 24.7 Å². The van der Waals surface area contributed by atoms with Gasteiger partial charge in [-0.05, 0) is 91.4 Å². The number of hydrogen-bond acceptors (Lipinski definition) is 1. The van der Waals surface area contributed by atoms with Crippen molar-refractivity contribution in [3.63, 3.8) is 0 Å². The van der Waals surface area contributed by atoms with Gasteiger partial charge in [0, 0.05) is 22.2 Å². The van der Waals surface area contributed by atoms with Gasteiger partial charge in [0.15, 0.2) is 0 Å². The molecular weight excluding hydrogens is 615 g/mol. The maximum atomic E-state index is 2.48. The Bertz CT molecular complexity index is 2570. The van der Waals surface area contributed by atoms with Crippen molar-refractivity contribution < 1.29 is 0 Å². The molecule has 0 aliphatic heterocycles. The maximum Gasteiger partial charge on any atom is 0.0713 e. The molecule has 10 rings (SSSR count). The zero-order valence-electron chi connectivity index (χ0n) is 28.8. The Morgan fingerprint density at radius 1 is 0.373 bits per heavy atom. The summed E-state index contributed by atoms with van der Waals surface area (Å²) >= 11 is 0. The van der Waals surface area contributed by atoms with Crippen molar-refractivity contribution in [3.8, 4) is 22.3 Å². The summed E-state index contributed by atoms with van der Waals surface area (Å²) in [6.45, 7) is 4.73. The first kappa shape index (κ1) is 29.7. The molecule has 0 N–H and O–H groups in total. The molecule has 8 aromatic carbocycles. The van der Waals surface area contributed by atoms with Crippen LogP contribution in [-0.4, -0.2) is 0 Å². The van der Waals surface area contributed by atoms with Crippen LogP contribution in [0.25, 0.3) is 33.0 Å². The molecule has 0 unspecified atom stereocenters. The van der Waals surface area contributed by atoms with E-state index in [4.69, 9.17) is 0 Å². The van der Waals surface area contributed by atoms with Crippen molar-refractivity contribution in [1.82, 2.24) is 0 Å². The van der Waals surface area contributed by atoms with Gasteiger partial charge < -0.3 is 4.90 Å². The predicted molar refractivity (Wildman–Crippen MR) is 213 cm³/mol. The Kier molecular flexibility index (Phi) is 6.51. The van der Waals surface area contributed by atoms with Crippen LogP contribution in [0.1, 0.15) is 47.2 Å². The fourth-order valence-corrected chi connectivity index (χ4v) is 9.24. The van der Waals surface area contributed by atoms with E-state index in [0.717, 1.165) is 11.4 Å². The van der Waals surface area contributed by atoms with Gasteiger partial charge in [0.1, 0.15) is 0 Å². The van der Waals surface area contributed by atoms with E-state index in [1.165, 1.54) is 72.1 Å². The van der Waals surface area contributed by atoms with Crippen LogP contribution in [0.15, 0.2) is 188 Å². The number of rotatable bonds is 5. The van der Waals surface area contributed by atoms with Crippen molar-refractivity contribution in [2.24, 2.45) is 0 Å². The highest BCUT2D eigenvalue weighted by Crippen LogP contribution is 2.57. The van der Waals surface area contributed by atoms with Crippen LogP contribution in [0.3, 0.4) is 0 Å². The fourth-order valence-electron chi connectivity index (χ4n) is 9.24. The third-order valence-corrected chi connectivity index (χ3v) is 11.5. The number of benzene rings is 8. The summed E-state index contributed by atoms with van der Waals surface area (Å²) in [5.41, 5.74) is 16.1. The van der Waals surface area contributed by atoms with Crippen LogP contribution in [0, 0.1) is 0 Å². The minimum atomic E-state index is -0.430. The van der Waals surface area contributed by atoms with Gasteiger partial charge in [-0.25, -0.2) is 0 Å². The lowest BCUT2D eigenvalue weighted by atomic mass is 9.68. The molecule has 0 atom stereocenters. The molecule has 242 valence electrons. The molecular formula is C50H37N. The molecule has 0 fully saturated rings. The van der Waals surface area contributed by atoms with Crippen LogP contribution in [0.5, 0.6) is 0 Å². The highest BCUT2D eigenvalue weighted by Gasteiger charge is 2.46. The lowest BCUT2D eigenvalue weighted by Gasteiger charge is -2.34. The van der Waals surface area contributed by atoms with Gasteiger partial charge in [-0.3, -0.25) is 0 Å². The van der Waals surface area contributed by atoms with Gasteiger partial charge in [-0.2, -0.15) is 0 Å². The summed E-state index contributed by atoms with van der Waals surface area (Å²) in [6.07, 6.45) is 0. The molecule has 0 heterocycles. The molecule has 0 saturated heterocycles. The molecule has 2 aliphatic carbocycles. The average molecular weight is 652 g/mol. The highest BCUT2D eigenvalue weighted by molar-refractivity contribution is 6.00. The summed E-state index contributed by atoms with van der Waals surface area (Å²) in [5.74, 6) is 0. The Balaban J connectivity index is 1.24. The highest BCUT2D eigenvalue weighted by atomic mass is 15.1. The van der Waals surface area contributed by atoms with E-state index in [1.807, 2.05) is 0 Å². The van der Waals surface area contributed by atoms with Crippen molar-refractivity contribution in [3.05, 3.63) is 221 Å². The zero-order chi connectivity index (χ0) is 34.2. The third kappa shape index (κ3) is 4.22. The topological polar surface area (TPSA) is 3.24 Å². The summed E-state index contributed by atoms with van der Waals surface area (Å²) < 4.78 is 0. The lowest BCUT2D eigenvalue weighted by molar-refractivity contribution is 0.660. The molecule has 0 radical (unpaired) electrons. The maximum absolute atomic E-state index is 2.48. The van der Waals surface area contributed by atoms with Gasteiger partial charge in [0.05, 0.1) is 11.1 Å². The Hall–Kier alpha value is -6.18. The van der Waals surface area contributed by atoms with Gasteiger partial charge in [-0.1, -0.05) is 172 Å². The molecule has 1 heteroatoms. The van der Waals surface area contributed by atoms with E-state index in [9.17, 15) is 0 Å². The Morgan fingerprint density at radius 2 is 0.902 bits per heavy atom. The first-order valence-electron chi connectivity index (χ1n) is 17.9. The van der Waals surface area contributed by atoms with Gasteiger partial charge in [0.25, 0.3) is 0 Å². The summed E-state index contributed by atoms with van der Waals surface area (Å²) in [5, 5.41) is 2.46. The van der Waals surface area contributed by atoms with E-state index in [2.05, 4.69) is 207 Å². The van der Waals surface area contributed by atoms with Crippen LogP contribution in [0.2, 0.25) is 0 Å². The van der Waals surface area contributed by atoms with Crippen molar-refractivity contribution in [2.75, 3.05) is 4.90 Å². The second-order valence-corrected chi connectivity index (χ2v) is 14.5. The molecule has 0 saturated carbocycles. The second kappa shape index (κ2) is 11.2. The quantitative estimate of drug-likeness (QED) is 0.179. The molecule has 0 spiro atoms. The predicted octanol–water partition coefficient (Wildman–Crippen LogP) is 13.0. The number of nitrogens with zero attached hydrogens (tertiary/aromatic N) is 1. The van der Waals surface area contributed by atoms with Crippen molar-refractivity contribution in [1.29, 1.82) is 0 Å². The first-order valence-corrected chi connectivity index (χ1v) is 17.9. The normalized spacial score (nSPS) is 14.4. The van der Waals surface area contributed by atoms with E-state index in [1.54, 1.807) is 0 Å². The Labute approximate surface area is 300 Å². The molecule has 51 heavy (non-hydrogen) atoms. The van der Waals surface area contributed by atoms with Crippen molar-refractivity contribution >= 4 is 27.8 Å². The van der Waals surface area contributed by atoms with Gasteiger partial charge >= 0.3 is 0 Å². The monoisotopic (exact) mass is 651 g/mol. The smallest absolute Gasteiger partial charge is 0.0713 e. The van der Waals surface area contributed by atoms with Crippen LogP contribution < -0.4 is 4.90 Å². The lowest BCUT2D eigenvalue weighted by Crippen LogP contribution is -2.28. The van der Waals surface area contributed by atoms with E-state index in [-0.39, 0.29) is 5.41 Å². The standard InChI is InChI=1S/C50H37N/c1-49(2)44-25-13-11-23-40(44)42-30-28-38(33-47(42)49)51(48-27-15-17-34-16-9-10-22-39(34)48)37-29-31-46-43(32-37)41-24-12-14-26-45(41)50(46,35-18-5-3-6-19-35)36-20-7-4-8-21-36/h3-33H,1-2H3. The molecule has 2 aliphatic rings. The van der Waals surface area contributed by atoms with Crippen LogP contribution >= 0.6 is 0 Å². The fraction of sp³-hybridized carbons (Fsp3) is 0.0800.